The van der Waals surface area contributed by atoms with E-state index >= 15 is 0 Å². The molecule has 0 fully saturated rings. The Balaban J connectivity index is 1.51. The summed E-state index contributed by atoms with van der Waals surface area (Å²) in [4.78, 5) is 37.4. The van der Waals surface area contributed by atoms with Crippen molar-refractivity contribution in [2.75, 3.05) is 18.6 Å². The second-order valence-corrected chi connectivity index (χ2v) is 7.21. The number of hydrogen-bond donors (Lipinski definition) is 0. The van der Waals surface area contributed by atoms with Crippen LogP contribution in [0.25, 0.3) is 16.9 Å². The average Bonchev–Trinajstić information content (AvgIpc) is 3.21. The van der Waals surface area contributed by atoms with Gasteiger partial charge in [0.05, 0.1) is 36.6 Å². The molecule has 1 aliphatic heterocycles. The van der Waals surface area contributed by atoms with Crippen LogP contribution in [0.3, 0.4) is 0 Å². The lowest BCUT2D eigenvalue weighted by Crippen LogP contribution is -2.27. The maximum Gasteiger partial charge on any atom is 0.278 e. The first-order valence-electron chi connectivity index (χ1n) is 9.25. The predicted octanol–water partition coefficient (Wildman–Crippen LogP) is 3.59. The number of carbonyl (C=O) groups excluding carboxylic acids is 1. The fourth-order valence-corrected chi connectivity index (χ4v) is 3.45. The summed E-state index contributed by atoms with van der Waals surface area (Å²) in [5.41, 5.74) is 4.44. The smallest absolute Gasteiger partial charge is 0.278 e. The summed E-state index contributed by atoms with van der Waals surface area (Å²) < 4.78 is 1.86. The topological polar surface area (TPSA) is 81.9 Å². The van der Waals surface area contributed by atoms with Crippen LogP contribution in [-0.4, -0.2) is 38.9 Å². The van der Waals surface area contributed by atoms with Gasteiger partial charge < -0.3 is 9.79 Å². The number of halogens is 1. The van der Waals surface area contributed by atoms with Crippen molar-refractivity contribution in [3.63, 3.8) is 0 Å². The van der Waals surface area contributed by atoms with E-state index < -0.39 is 0 Å². The van der Waals surface area contributed by atoms with Gasteiger partial charge in [-0.3, -0.25) is 9.20 Å². The van der Waals surface area contributed by atoms with Gasteiger partial charge in [-0.05, 0) is 30.3 Å². The molecule has 0 bridgehead atoms. The van der Waals surface area contributed by atoms with Crippen LogP contribution < -0.4 is 9.79 Å². The van der Waals surface area contributed by atoms with Crippen LogP contribution in [0.1, 0.15) is 16.1 Å². The maximum atomic E-state index is 13.0. The van der Waals surface area contributed by atoms with Gasteiger partial charge in [0.2, 0.25) is 0 Å². The Labute approximate surface area is 176 Å². The highest BCUT2D eigenvalue weighted by molar-refractivity contribution is 6.29. The fourth-order valence-electron chi connectivity index (χ4n) is 3.34. The molecule has 1 aromatic carbocycles. The second-order valence-electron chi connectivity index (χ2n) is 6.83. The Morgan fingerprint density at radius 1 is 1.13 bits per heavy atom. The Hall–Kier alpha value is -3.49. The lowest BCUT2D eigenvalue weighted by molar-refractivity contribution is -0.215. The molecule has 0 aliphatic carbocycles. The molecule has 0 spiro atoms. The molecule has 0 saturated carbocycles. The second kappa shape index (κ2) is 7.40. The normalized spacial score (nSPS) is 13.0. The van der Waals surface area contributed by atoms with Crippen molar-refractivity contribution >= 4 is 28.8 Å². The lowest BCUT2D eigenvalue weighted by Gasteiger charge is -2.17. The molecular weight excluding hydrogens is 406 g/mol. The molecule has 0 atom stereocenters. The minimum atomic E-state index is -0.267. The molecule has 8 nitrogen and oxygen atoms in total. The zero-order chi connectivity index (χ0) is 20.7. The van der Waals surface area contributed by atoms with Crippen LogP contribution in [0.5, 0.6) is 5.75 Å². The summed E-state index contributed by atoms with van der Waals surface area (Å²) in [6.45, 7) is 0.512. The number of benzene rings is 1. The number of imidazole rings is 1. The number of pyridine rings is 1. The fraction of sp³-hybridized carbons (Fsp3) is 0.143. The van der Waals surface area contributed by atoms with Gasteiger partial charge in [0.25, 0.3) is 5.91 Å². The summed E-state index contributed by atoms with van der Waals surface area (Å²) in [7, 11) is 1.67. The van der Waals surface area contributed by atoms with Gasteiger partial charge >= 0.3 is 0 Å². The van der Waals surface area contributed by atoms with Crippen LogP contribution in [0.2, 0.25) is 5.15 Å². The van der Waals surface area contributed by atoms with E-state index in [0.29, 0.717) is 23.1 Å². The molecule has 0 radical (unpaired) electrons. The molecule has 4 heterocycles. The number of fused-ring (bicyclic) bond motifs is 2. The van der Waals surface area contributed by atoms with Crippen LogP contribution >= 0.6 is 11.6 Å². The zero-order valence-corrected chi connectivity index (χ0v) is 16.7. The molecule has 0 unspecified atom stereocenters. The summed E-state index contributed by atoms with van der Waals surface area (Å²) in [5, 5.41) is 0.365. The molecule has 1 aliphatic rings. The van der Waals surface area contributed by atoms with Gasteiger partial charge in [-0.25, -0.2) is 15.0 Å². The maximum absolute atomic E-state index is 13.0. The molecule has 3 aromatic heterocycles. The van der Waals surface area contributed by atoms with Crippen molar-refractivity contribution in [3.8, 4) is 17.0 Å². The Bertz CT molecular complexity index is 1260. The van der Waals surface area contributed by atoms with Gasteiger partial charge in [-0.1, -0.05) is 11.6 Å². The van der Waals surface area contributed by atoms with Crippen LogP contribution in [0.15, 0.2) is 55.1 Å². The SMILES string of the molecule is CN(C(=O)c1cn2c(-c3ccc4c(c3)CCOO4)cnc2cn1)c1ccc(Cl)nc1. The van der Waals surface area contributed by atoms with E-state index in [2.05, 4.69) is 21.0 Å². The predicted molar refractivity (Wildman–Crippen MR) is 111 cm³/mol. The van der Waals surface area contributed by atoms with Crippen LogP contribution in [0.4, 0.5) is 5.69 Å². The van der Waals surface area contributed by atoms with Crippen molar-refractivity contribution in [1.29, 1.82) is 0 Å². The zero-order valence-electron chi connectivity index (χ0n) is 15.9. The van der Waals surface area contributed by atoms with E-state index in [-0.39, 0.29) is 11.6 Å². The van der Waals surface area contributed by atoms with Crippen LogP contribution in [-0.2, 0) is 11.3 Å². The summed E-state index contributed by atoms with van der Waals surface area (Å²) in [6.07, 6.45) is 7.35. The molecule has 4 aromatic rings. The van der Waals surface area contributed by atoms with E-state index in [0.717, 1.165) is 29.0 Å². The van der Waals surface area contributed by atoms with Gasteiger partial charge in [-0.2, -0.15) is 4.89 Å². The lowest BCUT2D eigenvalue weighted by atomic mass is 10.0. The third kappa shape index (κ3) is 3.26. The van der Waals surface area contributed by atoms with Gasteiger partial charge in [0, 0.05) is 30.8 Å². The highest BCUT2D eigenvalue weighted by Crippen LogP contribution is 2.30. The third-order valence-corrected chi connectivity index (χ3v) is 5.20. The molecule has 5 rings (SSSR count). The van der Waals surface area contributed by atoms with E-state index in [1.165, 1.54) is 4.90 Å². The standard InChI is InChI=1S/C21H16ClN5O3/c1-26(15-3-5-19(22)24-9-15)21(28)16-12-27-17(10-25-20(27)11-23-16)13-2-4-18-14(8-13)6-7-29-30-18/h2-5,8-12H,6-7H2,1H3. The summed E-state index contributed by atoms with van der Waals surface area (Å²) in [5.74, 6) is 0.450. The number of carbonyl (C=O) groups is 1. The molecule has 0 saturated heterocycles. The highest BCUT2D eigenvalue weighted by atomic mass is 35.5. The van der Waals surface area contributed by atoms with E-state index in [9.17, 15) is 4.79 Å². The molecule has 9 heteroatoms. The Kier molecular flexibility index (Phi) is 4.57. The number of hydrogen-bond acceptors (Lipinski definition) is 6. The summed E-state index contributed by atoms with van der Waals surface area (Å²) >= 11 is 5.83. The molecule has 30 heavy (non-hydrogen) atoms. The Morgan fingerprint density at radius 3 is 2.87 bits per heavy atom. The first kappa shape index (κ1) is 18.5. The average molecular weight is 422 g/mol. The number of aromatic nitrogens is 4. The highest BCUT2D eigenvalue weighted by Gasteiger charge is 2.18. The molecule has 1 amide bonds. The van der Waals surface area contributed by atoms with Gasteiger partial charge in [0.1, 0.15) is 10.8 Å². The van der Waals surface area contributed by atoms with Gasteiger partial charge in [0.15, 0.2) is 11.4 Å². The van der Waals surface area contributed by atoms with Crippen molar-refractivity contribution < 1.29 is 14.6 Å². The van der Waals surface area contributed by atoms with Crippen LogP contribution in [0, 0.1) is 0 Å². The van der Waals surface area contributed by atoms with Crippen molar-refractivity contribution in [1.82, 2.24) is 19.4 Å². The number of amides is 1. The van der Waals surface area contributed by atoms with Crippen molar-refractivity contribution in [2.24, 2.45) is 0 Å². The van der Waals surface area contributed by atoms with Gasteiger partial charge in [-0.15, -0.1) is 0 Å². The van der Waals surface area contributed by atoms with E-state index in [1.807, 2.05) is 16.5 Å². The molecule has 0 N–H and O–H groups in total. The van der Waals surface area contributed by atoms with E-state index in [1.54, 1.807) is 44.0 Å². The Morgan fingerprint density at radius 2 is 2.03 bits per heavy atom. The van der Waals surface area contributed by atoms with Crippen molar-refractivity contribution in [3.05, 3.63) is 71.5 Å². The molecule has 150 valence electrons. The number of nitrogens with zero attached hydrogens (tertiary/aromatic N) is 5. The number of anilines is 1. The minimum absolute atomic E-state index is 0.267. The first-order chi connectivity index (χ1) is 14.6. The van der Waals surface area contributed by atoms with E-state index in [4.69, 9.17) is 21.4 Å². The number of rotatable bonds is 3. The first-order valence-corrected chi connectivity index (χ1v) is 9.63. The third-order valence-electron chi connectivity index (χ3n) is 4.98. The quantitative estimate of drug-likeness (QED) is 0.371. The largest absolute Gasteiger partial charge is 0.337 e. The van der Waals surface area contributed by atoms with Crippen molar-refractivity contribution in [2.45, 2.75) is 6.42 Å². The minimum Gasteiger partial charge on any atom is -0.337 e. The molecular formula is C21H16ClN5O3. The monoisotopic (exact) mass is 421 g/mol. The summed E-state index contributed by atoms with van der Waals surface area (Å²) in [6, 6.07) is 9.22.